The van der Waals surface area contributed by atoms with E-state index in [0.717, 1.165) is 6.07 Å². The molecule has 0 aliphatic carbocycles. The molecule has 1 N–H and O–H groups in total. The number of carbonyl (C=O) groups is 1. The summed E-state index contributed by atoms with van der Waals surface area (Å²) in [6.07, 6.45) is 1.49. The molecule has 19 heavy (non-hydrogen) atoms. The van der Waals surface area contributed by atoms with E-state index in [9.17, 15) is 13.6 Å². The minimum absolute atomic E-state index is 0.0362. The molecule has 2 rings (SSSR count). The van der Waals surface area contributed by atoms with E-state index in [-0.39, 0.29) is 23.6 Å². The van der Waals surface area contributed by atoms with Crippen molar-refractivity contribution in [3.8, 4) is 0 Å². The Morgan fingerprint density at radius 1 is 1.32 bits per heavy atom. The van der Waals surface area contributed by atoms with Crippen LogP contribution in [-0.2, 0) is 16.6 Å². The minimum Gasteiger partial charge on any atom is -0.469 e. The summed E-state index contributed by atoms with van der Waals surface area (Å²) in [6.45, 7) is 0. The second kappa shape index (κ2) is 5.40. The number of anilines is 1. The number of hydrogen-bond donors (Lipinski definition) is 1. The molecule has 0 bridgehead atoms. The molecule has 1 aromatic heterocycles. The molecule has 0 radical (unpaired) electrons. The Labute approximate surface area is 113 Å². The van der Waals surface area contributed by atoms with Crippen molar-refractivity contribution in [2.75, 3.05) is 5.32 Å². The summed E-state index contributed by atoms with van der Waals surface area (Å²) in [5.74, 6) is 0.140. The van der Waals surface area contributed by atoms with E-state index in [1.807, 2.05) is 0 Å². The smallest absolute Gasteiger partial charge is 0.348 e. The van der Waals surface area contributed by atoms with Gasteiger partial charge < -0.3 is 9.73 Å². The lowest BCUT2D eigenvalue weighted by Gasteiger charge is -2.10. The number of rotatable bonds is 4. The molecule has 1 heterocycles. The van der Waals surface area contributed by atoms with Crippen molar-refractivity contribution in [1.29, 1.82) is 0 Å². The Hall–Kier alpha value is -1.88. The van der Waals surface area contributed by atoms with Crippen LogP contribution in [0.3, 0.4) is 0 Å². The van der Waals surface area contributed by atoms with Gasteiger partial charge in [0, 0.05) is 11.3 Å². The number of hydrogen-bond acceptors (Lipinski definition) is 2. The van der Waals surface area contributed by atoms with E-state index < -0.39 is 5.38 Å². The van der Waals surface area contributed by atoms with E-state index in [4.69, 9.17) is 16.0 Å². The normalized spacial score (nSPS) is 11.3. The number of benzene rings is 1. The predicted octanol–water partition coefficient (Wildman–Crippen LogP) is 3.75. The van der Waals surface area contributed by atoms with Crippen LogP contribution in [0, 0.1) is 0 Å². The zero-order chi connectivity index (χ0) is 13.9. The number of nitrogens with one attached hydrogen (secondary N) is 1. The highest BCUT2D eigenvalue weighted by Crippen LogP contribution is 2.33. The van der Waals surface area contributed by atoms with Crippen LogP contribution in [0.25, 0.3) is 0 Å². The molecular formula is C13H10ClF2NO2. The Morgan fingerprint density at radius 2 is 2.11 bits per heavy atom. The third-order valence-corrected chi connectivity index (χ3v) is 2.61. The van der Waals surface area contributed by atoms with Crippen molar-refractivity contribution < 1.29 is 18.0 Å². The molecule has 0 unspecified atom stereocenters. The summed E-state index contributed by atoms with van der Waals surface area (Å²) in [5, 5.41) is -0.955. The molecule has 0 fully saturated rings. The fraction of sp³-hybridized carbons (Fsp3) is 0.154. The van der Waals surface area contributed by atoms with Gasteiger partial charge in [0.1, 0.15) is 5.76 Å². The Balaban J connectivity index is 2.05. The summed E-state index contributed by atoms with van der Waals surface area (Å²) >= 11 is 4.92. The standard InChI is InChI=1S/C13H10ClF2NO2/c14-13(15,16)9-3-1-4-10(7-9)17-12(18)8-11-5-2-6-19-11/h1-7H,8H2,(H,17,18). The van der Waals surface area contributed by atoms with Crippen molar-refractivity contribution in [1.82, 2.24) is 0 Å². The molecule has 0 atom stereocenters. The Bertz CT molecular complexity index is 564. The lowest BCUT2D eigenvalue weighted by Crippen LogP contribution is -2.14. The highest BCUT2D eigenvalue weighted by molar-refractivity contribution is 6.21. The van der Waals surface area contributed by atoms with Gasteiger partial charge in [-0.2, -0.15) is 8.78 Å². The SMILES string of the molecule is O=C(Cc1ccco1)Nc1cccc(C(F)(F)Cl)c1. The zero-order valence-corrected chi connectivity index (χ0v) is 10.5. The number of halogens is 3. The summed E-state index contributed by atoms with van der Waals surface area (Å²) < 4.78 is 30.8. The van der Waals surface area contributed by atoms with Gasteiger partial charge in [0.25, 0.3) is 0 Å². The average molecular weight is 286 g/mol. The maximum Gasteiger partial charge on any atom is 0.348 e. The lowest BCUT2D eigenvalue weighted by molar-refractivity contribution is -0.115. The van der Waals surface area contributed by atoms with Crippen molar-refractivity contribution in [2.45, 2.75) is 11.8 Å². The van der Waals surface area contributed by atoms with E-state index in [1.165, 1.54) is 24.5 Å². The van der Waals surface area contributed by atoms with E-state index in [1.54, 1.807) is 12.1 Å². The van der Waals surface area contributed by atoms with Crippen molar-refractivity contribution >= 4 is 23.2 Å². The molecule has 0 spiro atoms. The molecule has 0 aliphatic rings. The van der Waals surface area contributed by atoms with Crippen LogP contribution in [0.5, 0.6) is 0 Å². The summed E-state index contributed by atoms with van der Waals surface area (Å²) in [7, 11) is 0. The zero-order valence-electron chi connectivity index (χ0n) is 9.70. The fourth-order valence-corrected chi connectivity index (χ4v) is 1.67. The third-order valence-electron chi connectivity index (χ3n) is 2.39. The van der Waals surface area contributed by atoms with Crippen LogP contribution >= 0.6 is 11.6 Å². The topological polar surface area (TPSA) is 42.2 Å². The molecular weight excluding hydrogens is 276 g/mol. The first-order valence-corrected chi connectivity index (χ1v) is 5.82. The lowest BCUT2D eigenvalue weighted by atomic mass is 10.2. The van der Waals surface area contributed by atoms with E-state index in [2.05, 4.69) is 5.32 Å². The summed E-state index contributed by atoms with van der Waals surface area (Å²) in [5.41, 5.74) is -0.112. The van der Waals surface area contributed by atoms with Gasteiger partial charge >= 0.3 is 5.38 Å². The Kier molecular flexibility index (Phi) is 3.85. The van der Waals surface area contributed by atoms with E-state index >= 15 is 0 Å². The number of amides is 1. The highest BCUT2D eigenvalue weighted by Gasteiger charge is 2.27. The van der Waals surface area contributed by atoms with Crippen LogP contribution in [0.1, 0.15) is 11.3 Å². The minimum atomic E-state index is -3.46. The first-order valence-electron chi connectivity index (χ1n) is 5.44. The van der Waals surface area contributed by atoms with Gasteiger partial charge in [0.05, 0.1) is 12.7 Å². The maximum atomic E-state index is 12.9. The van der Waals surface area contributed by atoms with Gasteiger partial charge in [-0.1, -0.05) is 12.1 Å². The van der Waals surface area contributed by atoms with Gasteiger partial charge in [-0.15, -0.1) is 0 Å². The van der Waals surface area contributed by atoms with Crippen LogP contribution in [-0.4, -0.2) is 5.91 Å². The first kappa shape index (κ1) is 13.5. The number of furan rings is 1. The van der Waals surface area contributed by atoms with Crippen LogP contribution in [0.4, 0.5) is 14.5 Å². The predicted molar refractivity (Wildman–Crippen MR) is 67.2 cm³/mol. The fourth-order valence-electron chi connectivity index (χ4n) is 1.55. The van der Waals surface area contributed by atoms with Crippen molar-refractivity contribution in [3.63, 3.8) is 0 Å². The molecule has 0 saturated carbocycles. The van der Waals surface area contributed by atoms with Crippen LogP contribution < -0.4 is 5.32 Å². The van der Waals surface area contributed by atoms with Gasteiger partial charge in [-0.05, 0) is 35.9 Å². The highest BCUT2D eigenvalue weighted by atomic mass is 35.5. The van der Waals surface area contributed by atoms with Gasteiger partial charge in [0.2, 0.25) is 5.91 Å². The molecule has 2 aromatic rings. The molecule has 3 nitrogen and oxygen atoms in total. The monoisotopic (exact) mass is 285 g/mol. The molecule has 1 amide bonds. The molecule has 0 saturated heterocycles. The number of alkyl halides is 3. The first-order chi connectivity index (χ1) is 8.95. The molecule has 100 valence electrons. The number of carbonyl (C=O) groups excluding carboxylic acids is 1. The van der Waals surface area contributed by atoms with Crippen LogP contribution in [0.15, 0.2) is 47.1 Å². The second-order valence-corrected chi connectivity index (χ2v) is 4.36. The summed E-state index contributed by atoms with van der Waals surface area (Å²) in [6, 6.07) is 8.54. The maximum absolute atomic E-state index is 12.9. The van der Waals surface area contributed by atoms with Gasteiger partial charge in [-0.3, -0.25) is 4.79 Å². The molecule has 0 aliphatic heterocycles. The molecule has 1 aromatic carbocycles. The average Bonchev–Trinajstić information content (AvgIpc) is 2.80. The Morgan fingerprint density at radius 3 is 2.74 bits per heavy atom. The second-order valence-electron chi connectivity index (χ2n) is 3.88. The van der Waals surface area contributed by atoms with E-state index in [0.29, 0.717) is 5.76 Å². The van der Waals surface area contributed by atoms with Gasteiger partial charge in [0.15, 0.2) is 0 Å². The summed E-state index contributed by atoms with van der Waals surface area (Å²) in [4.78, 5) is 11.6. The molecule has 6 heteroatoms. The largest absolute Gasteiger partial charge is 0.469 e. The third kappa shape index (κ3) is 3.79. The van der Waals surface area contributed by atoms with Crippen LogP contribution in [0.2, 0.25) is 0 Å². The van der Waals surface area contributed by atoms with Crippen molar-refractivity contribution in [3.05, 3.63) is 54.0 Å². The van der Waals surface area contributed by atoms with Crippen molar-refractivity contribution in [2.24, 2.45) is 0 Å². The quantitative estimate of drug-likeness (QED) is 0.869. The van der Waals surface area contributed by atoms with Gasteiger partial charge in [-0.25, -0.2) is 0 Å².